The molecule has 216 valence electrons. The molecule has 1 saturated heterocycles. The third-order valence-electron chi connectivity index (χ3n) is 8.68. The Morgan fingerprint density at radius 1 is 0.886 bits per heavy atom. The lowest BCUT2D eigenvalue weighted by molar-refractivity contribution is -0.0138. The summed E-state index contributed by atoms with van der Waals surface area (Å²) < 4.78 is 8.50. The lowest BCUT2D eigenvalue weighted by Gasteiger charge is -2.45. The number of fused-ring (bicyclic) bond motifs is 2. The van der Waals surface area contributed by atoms with Crippen LogP contribution < -0.4 is 10.1 Å². The number of nitrogens with one attached hydrogen (secondary N) is 2. The Labute approximate surface area is 252 Å². The molecule has 0 bridgehead atoms. The van der Waals surface area contributed by atoms with Crippen molar-refractivity contribution in [1.29, 1.82) is 0 Å². The number of H-pyrrole nitrogens is 1. The van der Waals surface area contributed by atoms with Gasteiger partial charge in [-0.25, -0.2) is 4.68 Å². The van der Waals surface area contributed by atoms with E-state index < -0.39 is 11.5 Å². The van der Waals surface area contributed by atoms with E-state index in [1.807, 2.05) is 77.5 Å². The summed E-state index contributed by atoms with van der Waals surface area (Å²) in [6, 6.07) is 30.7. The molecule has 4 aromatic carbocycles. The molecule has 10 heteroatoms. The van der Waals surface area contributed by atoms with Crippen LogP contribution in [-0.2, 0) is 0 Å². The van der Waals surface area contributed by atoms with Crippen LogP contribution >= 0.6 is 0 Å². The van der Waals surface area contributed by atoms with Crippen molar-refractivity contribution in [1.82, 2.24) is 35.7 Å². The van der Waals surface area contributed by atoms with Crippen molar-refractivity contribution in [3.8, 4) is 34.1 Å². The molecule has 0 saturated carbocycles. The lowest BCUT2D eigenvalue weighted by atomic mass is 9.70. The van der Waals surface area contributed by atoms with E-state index in [-0.39, 0.29) is 11.6 Å². The minimum absolute atomic E-state index is 0.259. The van der Waals surface area contributed by atoms with Gasteiger partial charge in [0.1, 0.15) is 23.0 Å². The zero-order chi connectivity index (χ0) is 29.7. The number of aromatic nitrogens is 6. The number of aromatic amines is 1. The number of carbonyl (C=O) groups is 2. The largest absolute Gasteiger partial charge is 0.485 e. The number of piperidine rings is 1. The highest BCUT2D eigenvalue weighted by Crippen LogP contribution is 2.44. The van der Waals surface area contributed by atoms with Gasteiger partial charge in [0.15, 0.2) is 11.6 Å². The molecule has 1 atom stereocenters. The Kier molecular flexibility index (Phi) is 6.16. The number of carbonyl (C=O) groups excluding carboxylic acids is 2. The molecule has 8 rings (SSSR count). The van der Waals surface area contributed by atoms with E-state index in [0.29, 0.717) is 54.2 Å². The van der Waals surface area contributed by atoms with Gasteiger partial charge >= 0.3 is 0 Å². The minimum Gasteiger partial charge on any atom is -0.485 e. The number of para-hydroxylation sites is 1. The van der Waals surface area contributed by atoms with Crippen LogP contribution in [0.5, 0.6) is 5.75 Å². The molecular formula is C34H27N7O3. The van der Waals surface area contributed by atoms with Crippen molar-refractivity contribution in [2.75, 3.05) is 13.1 Å². The molecule has 10 nitrogen and oxygen atoms in total. The first-order valence-electron chi connectivity index (χ1n) is 14.6. The smallest absolute Gasteiger partial charge is 0.204 e. The molecule has 0 aliphatic carbocycles. The fourth-order valence-electron chi connectivity index (χ4n) is 6.52. The lowest BCUT2D eigenvalue weighted by Crippen LogP contribution is -2.58. The summed E-state index contributed by atoms with van der Waals surface area (Å²) in [7, 11) is 0. The molecule has 1 unspecified atom stereocenters. The van der Waals surface area contributed by atoms with Gasteiger partial charge in [0.25, 0.3) is 0 Å². The monoisotopic (exact) mass is 581 g/mol. The number of tetrazole rings is 1. The Morgan fingerprint density at radius 2 is 1.66 bits per heavy atom. The molecule has 1 spiro atoms. The summed E-state index contributed by atoms with van der Waals surface area (Å²) in [5, 5.41) is 23.4. The van der Waals surface area contributed by atoms with E-state index in [2.05, 4.69) is 25.9 Å². The molecule has 0 radical (unpaired) electrons. The zero-order valence-corrected chi connectivity index (χ0v) is 23.6. The second-order valence-corrected chi connectivity index (χ2v) is 11.2. The zero-order valence-electron chi connectivity index (χ0n) is 23.6. The Morgan fingerprint density at radius 3 is 2.41 bits per heavy atom. The number of hydrogen-bond donors (Lipinski definition) is 2. The Bertz CT molecular complexity index is 2010. The summed E-state index contributed by atoms with van der Waals surface area (Å²) >= 11 is 0. The van der Waals surface area contributed by atoms with Crippen LogP contribution in [-0.4, -0.2) is 60.7 Å². The molecule has 4 heterocycles. The average Bonchev–Trinajstić information content (AvgIpc) is 3.75. The van der Waals surface area contributed by atoms with Crippen molar-refractivity contribution in [2.45, 2.75) is 18.4 Å². The van der Waals surface area contributed by atoms with E-state index >= 15 is 0 Å². The number of hydrogen-bond acceptors (Lipinski definition) is 8. The van der Waals surface area contributed by atoms with Crippen LogP contribution in [0.3, 0.4) is 0 Å². The van der Waals surface area contributed by atoms with E-state index in [4.69, 9.17) is 9.84 Å². The second kappa shape index (κ2) is 10.4. The van der Waals surface area contributed by atoms with Gasteiger partial charge in [0.05, 0.1) is 16.8 Å². The first-order valence-corrected chi connectivity index (χ1v) is 14.6. The molecule has 2 aliphatic heterocycles. The number of Topliss-reactive ketones (excluding diaryl/α,β-unsaturated/α-hetero) is 2. The van der Waals surface area contributed by atoms with E-state index in [1.54, 1.807) is 24.3 Å². The highest BCUT2D eigenvalue weighted by molar-refractivity contribution is 6.19. The maximum absolute atomic E-state index is 14.6. The van der Waals surface area contributed by atoms with Crippen molar-refractivity contribution >= 4 is 22.5 Å². The molecule has 6 aromatic rings. The maximum atomic E-state index is 14.6. The van der Waals surface area contributed by atoms with Gasteiger partial charge in [0.2, 0.25) is 5.82 Å². The van der Waals surface area contributed by atoms with E-state index in [1.165, 1.54) is 0 Å². The predicted octanol–water partition coefficient (Wildman–Crippen LogP) is 5.07. The van der Waals surface area contributed by atoms with Gasteiger partial charge in [0, 0.05) is 34.9 Å². The molecule has 2 aromatic heterocycles. The normalized spacial score (nSPS) is 17.4. The van der Waals surface area contributed by atoms with Crippen LogP contribution in [0.15, 0.2) is 97.1 Å². The highest BCUT2D eigenvalue weighted by atomic mass is 16.5. The van der Waals surface area contributed by atoms with E-state index in [9.17, 15) is 9.59 Å². The van der Waals surface area contributed by atoms with Crippen LogP contribution in [0, 0.1) is 5.92 Å². The maximum Gasteiger partial charge on any atom is 0.204 e. The summed E-state index contributed by atoms with van der Waals surface area (Å²) in [5.74, 6) is -0.712. The van der Waals surface area contributed by atoms with Gasteiger partial charge in [-0.1, -0.05) is 54.6 Å². The predicted molar refractivity (Wildman–Crippen MR) is 164 cm³/mol. The summed E-state index contributed by atoms with van der Waals surface area (Å²) in [6.45, 7) is 1.29. The Balaban J connectivity index is 1.26. The summed E-state index contributed by atoms with van der Waals surface area (Å²) in [6.07, 6.45) is 1.06. The van der Waals surface area contributed by atoms with Crippen LogP contribution in [0.25, 0.3) is 39.2 Å². The molecule has 0 amide bonds. The van der Waals surface area contributed by atoms with Gasteiger partial charge in [-0.15, -0.1) is 10.2 Å². The van der Waals surface area contributed by atoms with Crippen molar-refractivity contribution < 1.29 is 14.3 Å². The third-order valence-corrected chi connectivity index (χ3v) is 8.68. The number of ether oxygens (including phenoxy) is 1. The van der Waals surface area contributed by atoms with Gasteiger partial charge in [-0.05, 0) is 60.8 Å². The fraction of sp³-hybridized carbons (Fsp3) is 0.176. The minimum atomic E-state index is -1.02. The quantitative estimate of drug-likeness (QED) is 0.213. The summed E-state index contributed by atoms with van der Waals surface area (Å²) in [5.41, 5.74) is 3.89. The number of nitrogens with zero attached hydrogens (tertiary/aromatic N) is 5. The number of rotatable bonds is 5. The first kappa shape index (κ1) is 26.2. The van der Waals surface area contributed by atoms with Crippen molar-refractivity contribution in [3.05, 3.63) is 108 Å². The number of ketones is 2. The SMILES string of the molecule is O=C(c1ccc2c(-c3ccccc3)nn(-c3ccccc3)c2c1)C1C(=O)c2cc(-c3nn[nH]n3)ccc2OC12CCNCC2. The molecular weight excluding hydrogens is 554 g/mol. The fourth-order valence-corrected chi connectivity index (χ4v) is 6.52. The topological polar surface area (TPSA) is 128 Å². The molecule has 2 aliphatic rings. The third kappa shape index (κ3) is 4.22. The Hall–Kier alpha value is -5.48. The molecule has 44 heavy (non-hydrogen) atoms. The molecule has 2 N–H and O–H groups in total. The van der Waals surface area contributed by atoms with Crippen molar-refractivity contribution in [3.63, 3.8) is 0 Å². The standard InChI is InChI=1S/C34H27N7O3/c42-31(22-11-13-25-27(20-22)41(24-9-5-2-6-10-24)38-30(25)21-7-3-1-4-8-21)29-32(43)26-19-23(33-36-39-40-37-33)12-14-28(26)44-34(29)15-17-35-18-16-34/h1-14,19-20,29,35H,15-18H2,(H,36,37,39,40). The van der Waals surface area contributed by atoms with Gasteiger partial charge in [-0.2, -0.15) is 10.3 Å². The first-order chi connectivity index (χ1) is 21.6. The van der Waals surface area contributed by atoms with Crippen LogP contribution in [0.1, 0.15) is 33.6 Å². The van der Waals surface area contributed by atoms with Crippen molar-refractivity contribution in [2.24, 2.45) is 5.92 Å². The molecule has 1 fully saturated rings. The average molecular weight is 582 g/mol. The highest BCUT2D eigenvalue weighted by Gasteiger charge is 2.53. The number of benzene rings is 4. The van der Waals surface area contributed by atoms with Gasteiger partial charge < -0.3 is 10.1 Å². The van der Waals surface area contributed by atoms with Crippen LogP contribution in [0.2, 0.25) is 0 Å². The van der Waals surface area contributed by atoms with Gasteiger partial charge in [-0.3, -0.25) is 9.59 Å². The second-order valence-electron chi connectivity index (χ2n) is 11.2. The van der Waals surface area contributed by atoms with Crippen LogP contribution in [0.4, 0.5) is 0 Å². The summed E-state index contributed by atoms with van der Waals surface area (Å²) in [4.78, 5) is 28.9. The van der Waals surface area contributed by atoms with E-state index in [0.717, 1.165) is 27.8 Å².